The molecule has 1 atom stereocenters. The van der Waals surface area contributed by atoms with E-state index in [0.29, 0.717) is 43.9 Å². The first-order chi connectivity index (χ1) is 18.3. The van der Waals surface area contributed by atoms with E-state index in [1.807, 2.05) is 6.07 Å². The van der Waals surface area contributed by atoms with Gasteiger partial charge in [-0.1, -0.05) is 100 Å². The Balaban J connectivity index is 1.52. The summed E-state index contributed by atoms with van der Waals surface area (Å²) in [7, 11) is 0. The first-order valence-corrected chi connectivity index (χ1v) is 13.1. The number of hydrogen-bond donors (Lipinski definition) is 2. The number of benzene rings is 3. The SMILES string of the molecule is NC(C(=O)NCCN(C(=O)C(Cl)Cl)c1cccc(-c2cc(-c3c(Cl)cccc3Cl)no2)c1)c1ccccc1. The molecular formula is C27H22Cl4N4O3. The van der Waals surface area contributed by atoms with Gasteiger partial charge in [-0.05, 0) is 29.8 Å². The Labute approximate surface area is 239 Å². The highest BCUT2D eigenvalue weighted by atomic mass is 35.5. The normalized spacial score (nSPS) is 11.8. The highest BCUT2D eigenvalue weighted by molar-refractivity contribution is 6.54. The van der Waals surface area contributed by atoms with Gasteiger partial charge in [0.15, 0.2) is 10.6 Å². The molecule has 38 heavy (non-hydrogen) atoms. The van der Waals surface area contributed by atoms with Crippen LogP contribution in [-0.2, 0) is 9.59 Å². The highest BCUT2D eigenvalue weighted by Gasteiger charge is 2.24. The second kappa shape index (κ2) is 12.7. The van der Waals surface area contributed by atoms with Crippen LogP contribution in [0.2, 0.25) is 10.0 Å². The Hall–Kier alpha value is -3.07. The Morgan fingerprint density at radius 2 is 1.63 bits per heavy atom. The summed E-state index contributed by atoms with van der Waals surface area (Å²) in [6, 6.07) is 22.0. The van der Waals surface area contributed by atoms with Gasteiger partial charge in [0.05, 0.1) is 10.0 Å². The number of nitrogens with zero attached hydrogens (tertiary/aromatic N) is 2. The number of alkyl halides is 2. The van der Waals surface area contributed by atoms with Crippen LogP contribution in [0, 0.1) is 0 Å². The van der Waals surface area contributed by atoms with Gasteiger partial charge >= 0.3 is 0 Å². The van der Waals surface area contributed by atoms with E-state index in [2.05, 4.69) is 10.5 Å². The first kappa shape index (κ1) is 28.0. The van der Waals surface area contributed by atoms with E-state index < -0.39 is 16.8 Å². The summed E-state index contributed by atoms with van der Waals surface area (Å²) in [6.45, 7) is 0.218. The van der Waals surface area contributed by atoms with Gasteiger partial charge in [0, 0.05) is 36.0 Å². The molecule has 3 aromatic carbocycles. The quantitative estimate of drug-likeness (QED) is 0.223. The average Bonchev–Trinajstić information content (AvgIpc) is 3.40. The van der Waals surface area contributed by atoms with Crippen molar-refractivity contribution in [2.24, 2.45) is 5.73 Å². The molecular weight excluding hydrogens is 570 g/mol. The molecule has 0 aliphatic rings. The molecule has 11 heteroatoms. The summed E-state index contributed by atoms with van der Waals surface area (Å²) in [6.07, 6.45) is 0. The summed E-state index contributed by atoms with van der Waals surface area (Å²) >= 11 is 24.4. The zero-order valence-electron chi connectivity index (χ0n) is 19.8. The van der Waals surface area contributed by atoms with Crippen molar-refractivity contribution in [3.8, 4) is 22.6 Å². The smallest absolute Gasteiger partial charge is 0.260 e. The van der Waals surface area contributed by atoms with Crippen LogP contribution in [0.25, 0.3) is 22.6 Å². The minimum Gasteiger partial charge on any atom is -0.356 e. The zero-order valence-corrected chi connectivity index (χ0v) is 22.8. The predicted molar refractivity (Wildman–Crippen MR) is 152 cm³/mol. The van der Waals surface area contributed by atoms with Crippen molar-refractivity contribution in [2.75, 3.05) is 18.0 Å². The van der Waals surface area contributed by atoms with Crippen molar-refractivity contribution in [3.63, 3.8) is 0 Å². The highest BCUT2D eigenvalue weighted by Crippen LogP contribution is 2.36. The molecule has 1 unspecified atom stereocenters. The number of carbonyl (C=O) groups excluding carboxylic acids is 2. The predicted octanol–water partition coefficient (Wildman–Crippen LogP) is 6.27. The minimum atomic E-state index is -1.31. The van der Waals surface area contributed by atoms with E-state index in [9.17, 15) is 9.59 Å². The molecule has 1 heterocycles. The van der Waals surface area contributed by atoms with Gasteiger partial charge in [-0.3, -0.25) is 9.59 Å². The number of hydrogen-bond acceptors (Lipinski definition) is 5. The van der Waals surface area contributed by atoms with Gasteiger partial charge in [-0.25, -0.2) is 0 Å². The zero-order chi connectivity index (χ0) is 27.2. The molecule has 4 rings (SSSR count). The summed E-state index contributed by atoms with van der Waals surface area (Å²) in [5, 5.41) is 7.74. The van der Waals surface area contributed by atoms with Crippen LogP contribution in [0.3, 0.4) is 0 Å². The van der Waals surface area contributed by atoms with Crippen LogP contribution in [0.15, 0.2) is 83.4 Å². The molecule has 0 saturated carbocycles. The fourth-order valence-corrected chi connectivity index (χ4v) is 4.62. The molecule has 0 spiro atoms. The Kier molecular flexibility index (Phi) is 9.31. The number of nitrogens with one attached hydrogen (secondary N) is 1. The fourth-order valence-electron chi connectivity index (χ4n) is 3.80. The molecule has 0 saturated heterocycles. The second-order valence-corrected chi connectivity index (χ2v) is 10.1. The Morgan fingerprint density at radius 3 is 2.32 bits per heavy atom. The van der Waals surface area contributed by atoms with Crippen LogP contribution in [0.4, 0.5) is 5.69 Å². The van der Waals surface area contributed by atoms with Gasteiger partial charge in [-0.2, -0.15) is 0 Å². The lowest BCUT2D eigenvalue weighted by atomic mass is 10.1. The third-order valence-electron chi connectivity index (χ3n) is 5.70. The van der Waals surface area contributed by atoms with Crippen molar-refractivity contribution in [1.29, 1.82) is 0 Å². The monoisotopic (exact) mass is 590 g/mol. The lowest BCUT2D eigenvalue weighted by Gasteiger charge is -2.24. The molecule has 0 aliphatic heterocycles. The topological polar surface area (TPSA) is 101 Å². The largest absolute Gasteiger partial charge is 0.356 e. The molecule has 3 N–H and O–H groups in total. The van der Waals surface area contributed by atoms with E-state index >= 15 is 0 Å². The maximum atomic E-state index is 12.8. The number of rotatable bonds is 9. The van der Waals surface area contributed by atoms with Gasteiger partial charge in [0.2, 0.25) is 5.91 Å². The third kappa shape index (κ3) is 6.49. The molecule has 4 aromatic rings. The Morgan fingerprint density at radius 1 is 0.947 bits per heavy atom. The van der Waals surface area contributed by atoms with E-state index in [0.717, 1.165) is 0 Å². The van der Waals surface area contributed by atoms with Gasteiger partial charge in [-0.15, -0.1) is 0 Å². The molecule has 0 radical (unpaired) electrons. The number of anilines is 1. The summed E-state index contributed by atoms with van der Waals surface area (Å²) in [5.41, 5.74) is 8.88. The van der Waals surface area contributed by atoms with Crippen LogP contribution in [0.5, 0.6) is 0 Å². The molecule has 196 valence electrons. The number of aromatic nitrogens is 1. The lowest BCUT2D eigenvalue weighted by Crippen LogP contribution is -2.43. The van der Waals surface area contributed by atoms with E-state index in [1.54, 1.807) is 72.8 Å². The van der Waals surface area contributed by atoms with Crippen LogP contribution in [-0.4, -0.2) is 34.9 Å². The lowest BCUT2D eigenvalue weighted by molar-refractivity contribution is -0.122. The number of nitrogens with two attached hydrogens (primary N) is 1. The van der Waals surface area contributed by atoms with Crippen LogP contribution in [0.1, 0.15) is 11.6 Å². The second-order valence-electron chi connectivity index (χ2n) is 8.19. The fraction of sp³-hybridized carbons (Fsp3) is 0.148. The number of carbonyl (C=O) groups is 2. The maximum Gasteiger partial charge on any atom is 0.260 e. The molecule has 2 amide bonds. The number of halogens is 4. The maximum absolute atomic E-state index is 12.8. The van der Waals surface area contributed by atoms with Crippen molar-refractivity contribution in [2.45, 2.75) is 10.9 Å². The first-order valence-electron chi connectivity index (χ1n) is 11.5. The molecule has 1 aromatic heterocycles. The molecule has 0 fully saturated rings. The van der Waals surface area contributed by atoms with E-state index in [-0.39, 0.29) is 19.0 Å². The summed E-state index contributed by atoms with van der Waals surface area (Å²) in [4.78, 5) is 25.5. The molecule has 0 aliphatic carbocycles. The minimum absolute atomic E-state index is 0.0996. The van der Waals surface area contributed by atoms with Gasteiger partial charge < -0.3 is 20.5 Å². The third-order valence-corrected chi connectivity index (χ3v) is 6.70. The average molecular weight is 592 g/mol. The van der Waals surface area contributed by atoms with Crippen molar-refractivity contribution >= 4 is 63.9 Å². The van der Waals surface area contributed by atoms with E-state index in [1.165, 1.54) is 4.90 Å². The van der Waals surface area contributed by atoms with Crippen molar-refractivity contribution < 1.29 is 14.1 Å². The van der Waals surface area contributed by atoms with Crippen molar-refractivity contribution in [1.82, 2.24) is 10.5 Å². The molecule has 7 nitrogen and oxygen atoms in total. The van der Waals surface area contributed by atoms with Gasteiger partial charge in [0.1, 0.15) is 11.7 Å². The van der Waals surface area contributed by atoms with Gasteiger partial charge in [0.25, 0.3) is 5.91 Å². The standard InChI is InChI=1S/C27H22Cl4N4O3/c28-19-10-5-11-20(29)23(19)21-15-22(38-34-21)17-8-4-9-18(14-17)35(27(37)25(30)31)13-12-33-26(36)24(32)16-6-2-1-3-7-16/h1-11,14-15,24-25H,12-13,32H2,(H,33,36). The summed E-state index contributed by atoms with van der Waals surface area (Å²) in [5.74, 6) is -0.494. The number of amides is 2. The van der Waals surface area contributed by atoms with E-state index in [4.69, 9.17) is 56.7 Å². The Bertz CT molecular complexity index is 1410. The van der Waals surface area contributed by atoms with Crippen molar-refractivity contribution in [3.05, 3.63) is 94.5 Å². The summed E-state index contributed by atoms with van der Waals surface area (Å²) < 4.78 is 5.55. The van der Waals surface area contributed by atoms with Crippen LogP contribution < -0.4 is 16.0 Å². The van der Waals surface area contributed by atoms with Crippen LogP contribution >= 0.6 is 46.4 Å². The molecule has 0 bridgehead atoms.